The second-order valence-corrected chi connectivity index (χ2v) is 9.12. The van der Waals surface area contributed by atoms with E-state index in [0.29, 0.717) is 0 Å². The van der Waals surface area contributed by atoms with Gasteiger partial charge in [-0.05, 0) is 44.6 Å². The molecule has 0 amide bonds. The van der Waals surface area contributed by atoms with Gasteiger partial charge in [0.05, 0.1) is 17.0 Å². The third-order valence-corrected chi connectivity index (χ3v) is 7.36. The molecule has 0 radical (unpaired) electrons. The Morgan fingerprint density at radius 1 is 1.12 bits per heavy atom. The maximum Gasteiger partial charge on any atom is 0.214 e. The van der Waals surface area contributed by atoms with E-state index in [1.54, 1.807) is 6.20 Å². The molecular weight excluding hydrogens is 340 g/mol. The molecule has 8 nitrogen and oxygen atoms in total. The summed E-state index contributed by atoms with van der Waals surface area (Å²) in [4.78, 5) is 7.46. The molecule has 2 N–H and O–H groups in total. The Balaban J connectivity index is 1.37. The molecular formula is C16H20N6O2S. The first kappa shape index (κ1) is 15.3. The number of aromatic amines is 1. The molecule has 0 unspecified atom stereocenters. The average molecular weight is 360 g/mol. The minimum absolute atomic E-state index is 0.0509. The van der Waals surface area contributed by atoms with E-state index < -0.39 is 10.0 Å². The summed E-state index contributed by atoms with van der Waals surface area (Å²) in [5.74, 6) is 1.24. The lowest BCUT2D eigenvalue weighted by atomic mass is 9.86. The van der Waals surface area contributed by atoms with Gasteiger partial charge >= 0.3 is 0 Å². The van der Waals surface area contributed by atoms with E-state index in [2.05, 4.69) is 29.3 Å². The molecule has 2 fully saturated rings. The summed E-state index contributed by atoms with van der Waals surface area (Å²) < 4.78 is 29.2. The second kappa shape index (κ2) is 5.50. The number of sulfonamides is 1. The van der Waals surface area contributed by atoms with Crippen LogP contribution in [-0.4, -0.2) is 44.3 Å². The molecule has 9 heteroatoms. The highest BCUT2D eigenvalue weighted by Gasteiger charge is 2.38. The van der Waals surface area contributed by atoms with E-state index in [0.717, 1.165) is 61.2 Å². The van der Waals surface area contributed by atoms with Gasteiger partial charge in [-0.25, -0.2) is 18.1 Å². The topological polar surface area (TPSA) is 105 Å². The Hall–Kier alpha value is -2.00. The predicted octanol–water partition coefficient (Wildman–Crippen LogP) is 1.71. The van der Waals surface area contributed by atoms with Crippen LogP contribution in [0.15, 0.2) is 18.5 Å². The first-order valence-electron chi connectivity index (χ1n) is 8.80. The van der Waals surface area contributed by atoms with E-state index in [1.807, 2.05) is 12.3 Å². The molecule has 25 heavy (non-hydrogen) atoms. The smallest absolute Gasteiger partial charge is 0.214 e. The highest BCUT2D eigenvalue weighted by molar-refractivity contribution is 7.90. The minimum Gasteiger partial charge on any atom is -0.345 e. The number of hydrogen-bond donors (Lipinski definition) is 2. The number of nitrogens with zero attached hydrogens (tertiary/aromatic N) is 4. The minimum atomic E-state index is -3.11. The van der Waals surface area contributed by atoms with Gasteiger partial charge in [-0.1, -0.05) is 0 Å². The Labute approximate surface area is 145 Å². The predicted molar refractivity (Wildman–Crippen MR) is 92.7 cm³/mol. The highest BCUT2D eigenvalue weighted by atomic mass is 32.2. The first-order valence-corrected chi connectivity index (χ1v) is 10.3. The fourth-order valence-electron chi connectivity index (χ4n) is 3.84. The maximum absolute atomic E-state index is 12.1. The van der Waals surface area contributed by atoms with Gasteiger partial charge in [-0.3, -0.25) is 4.40 Å². The van der Waals surface area contributed by atoms with Crippen molar-refractivity contribution in [1.82, 2.24) is 29.3 Å². The molecule has 0 spiro atoms. The molecule has 0 saturated heterocycles. The second-order valence-electron chi connectivity index (χ2n) is 7.13. The normalized spacial score (nSPS) is 25.0. The molecule has 3 aromatic heterocycles. The van der Waals surface area contributed by atoms with Crippen molar-refractivity contribution in [1.29, 1.82) is 0 Å². The summed E-state index contributed by atoms with van der Waals surface area (Å²) in [6.45, 7) is 0. The van der Waals surface area contributed by atoms with Gasteiger partial charge in [0, 0.05) is 18.2 Å². The molecule has 3 heterocycles. The van der Waals surface area contributed by atoms with Crippen LogP contribution in [0.3, 0.4) is 0 Å². The van der Waals surface area contributed by atoms with Crippen molar-refractivity contribution in [3.63, 3.8) is 0 Å². The molecule has 0 aromatic carbocycles. The van der Waals surface area contributed by atoms with E-state index >= 15 is 0 Å². The fraction of sp³-hybridized carbons (Fsp3) is 0.562. The molecule has 132 valence electrons. The summed E-state index contributed by atoms with van der Waals surface area (Å²) >= 11 is 0. The lowest BCUT2D eigenvalue weighted by molar-refractivity contribution is 0.364. The average Bonchev–Trinajstić information content (AvgIpc) is 3.22. The molecule has 2 aliphatic rings. The molecule has 2 saturated carbocycles. The van der Waals surface area contributed by atoms with Crippen LogP contribution in [0.5, 0.6) is 0 Å². The zero-order chi connectivity index (χ0) is 17.0. The molecule has 0 atom stereocenters. The lowest BCUT2D eigenvalue weighted by Crippen LogP contribution is -2.39. The van der Waals surface area contributed by atoms with Crippen molar-refractivity contribution < 1.29 is 8.42 Å². The lowest BCUT2D eigenvalue weighted by Gasteiger charge is -2.28. The van der Waals surface area contributed by atoms with Crippen LogP contribution >= 0.6 is 0 Å². The third-order valence-electron chi connectivity index (χ3n) is 5.35. The molecule has 3 aromatic rings. The van der Waals surface area contributed by atoms with Crippen molar-refractivity contribution in [2.75, 3.05) is 0 Å². The zero-order valence-electron chi connectivity index (χ0n) is 13.7. The first-order chi connectivity index (χ1) is 12.1. The molecule has 0 aliphatic heterocycles. The van der Waals surface area contributed by atoms with E-state index in [9.17, 15) is 8.42 Å². The monoisotopic (exact) mass is 360 g/mol. The van der Waals surface area contributed by atoms with Crippen LogP contribution in [-0.2, 0) is 10.0 Å². The van der Waals surface area contributed by atoms with Gasteiger partial charge < -0.3 is 4.98 Å². The quantitative estimate of drug-likeness (QED) is 0.737. The summed E-state index contributed by atoms with van der Waals surface area (Å²) in [6.07, 6.45) is 8.70. The largest absolute Gasteiger partial charge is 0.345 e. The van der Waals surface area contributed by atoms with Crippen molar-refractivity contribution in [2.24, 2.45) is 0 Å². The Morgan fingerprint density at radius 2 is 1.92 bits per heavy atom. The van der Waals surface area contributed by atoms with E-state index in [-0.39, 0.29) is 17.2 Å². The van der Waals surface area contributed by atoms with Crippen molar-refractivity contribution in [2.45, 2.75) is 55.7 Å². The van der Waals surface area contributed by atoms with Crippen LogP contribution in [0, 0.1) is 0 Å². The summed E-state index contributed by atoms with van der Waals surface area (Å²) in [7, 11) is -3.11. The van der Waals surface area contributed by atoms with Gasteiger partial charge in [-0.2, -0.15) is 0 Å². The van der Waals surface area contributed by atoms with Gasteiger partial charge in [0.25, 0.3) is 0 Å². The highest BCUT2D eigenvalue weighted by Crippen LogP contribution is 2.34. The van der Waals surface area contributed by atoms with Crippen LogP contribution in [0.1, 0.15) is 50.3 Å². The molecule has 0 bridgehead atoms. The van der Waals surface area contributed by atoms with Gasteiger partial charge in [0.15, 0.2) is 11.3 Å². The number of fused-ring (bicyclic) bond motifs is 3. The van der Waals surface area contributed by atoms with E-state index in [1.165, 1.54) is 0 Å². The van der Waals surface area contributed by atoms with Crippen LogP contribution in [0.25, 0.3) is 16.8 Å². The number of nitrogens with one attached hydrogen (secondary N) is 2. The van der Waals surface area contributed by atoms with E-state index in [4.69, 9.17) is 0 Å². The molecule has 2 aliphatic carbocycles. The fourth-order valence-corrected chi connectivity index (χ4v) is 5.49. The number of rotatable bonds is 4. The number of H-pyrrole nitrogens is 1. The SMILES string of the molecule is O=S(=O)(N[C@H]1CC[C@@H](c2nnc3cnc4[nH]ccc4n32)CC1)C1CC1. The summed E-state index contributed by atoms with van der Waals surface area (Å²) in [5, 5.41) is 8.51. The van der Waals surface area contributed by atoms with Gasteiger partial charge in [-0.15, -0.1) is 10.2 Å². The standard InChI is InChI=1S/C16H20N6O2S/c23-25(24,12-5-6-12)21-11-3-1-10(2-4-11)16-20-19-14-9-18-15-13(22(14)16)7-8-17-15/h7-12,17,21H,1-6H2/t10-,11+. The van der Waals surface area contributed by atoms with Gasteiger partial charge in [0.1, 0.15) is 5.82 Å². The van der Waals surface area contributed by atoms with Crippen molar-refractivity contribution >= 4 is 26.8 Å². The summed E-state index contributed by atoms with van der Waals surface area (Å²) in [6, 6.07) is 2.03. The van der Waals surface area contributed by atoms with Crippen molar-refractivity contribution in [3.05, 3.63) is 24.3 Å². The van der Waals surface area contributed by atoms with Crippen LogP contribution in [0.2, 0.25) is 0 Å². The van der Waals surface area contributed by atoms with Crippen LogP contribution < -0.4 is 4.72 Å². The van der Waals surface area contributed by atoms with Crippen LogP contribution in [0.4, 0.5) is 0 Å². The third kappa shape index (κ3) is 2.62. The number of aromatic nitrogens is 5. The summed E-state index contributed by atoms with van der Waals surface area (Å²) in [5.41, 5.74) is 2.55. The zero-order valence-corrected chi connectivity index (χ0v) is 14.5. The number of hydrogen-bond acceptors (Lipinski definition) is 5. The molecule has 5 rings (SSSR count). The Bertz CT molecular complexity index is 1030. The van der Waals surface area contributed by atoms with Crippen molar-refractivity contribution in [3.8, 4) is 0 Å². The Kier molecular flexibility index (Phi) is 3.36. The van der Waals surface area contributed by atoms with Gasteiger partial charge in [0.2, 0.25) is 10.0 Å². The Morgan fingerprint density at radius 3 is 2.68 bits per heavy atom. The maximum atomic E-state index is 12.1.